The summed E-state index contributed by atoms with van der Waals surface area (Å²) in [4.78, 5) is 18.7. The van der Waals surface area contributed by atoms with Crippen LogP contribution < -0.4 is 5.32 Å². The third kappa shape index (κ3) is 1.38. The molecular formula is C8H9N3O2. The average molecular weight is 179 g/mol. The van der Waals surface area contributed by atoms with Gasteiger partial charge >= 0.3 is 5.97 Å². The van der Waals surface area contributed by atoms with Crippen molar-refractivity contribution in [2.24, 2.45) is 0 Å². The van der Waals surface area contributed by atoms with Gasteiger partial charge in [0.05, 0.1) is 5.69 Å². The Morgan fingerprint density at radius 3 is 3.31 bits per heavy atom. The molecule has 1 aromatic rings. The summed E-state index contributed by atoms with van der Waals surface area (Å²) in [6.45, 7) is 0.654. The maximum atomic E-state index is 10.8. The molecular weight excluding hydrogens is 170 g/mol. The lowest BCUT2D eigenvalue weighted by Gasteiger charge is -2.21. The summed E-state index contributed by atoms with van der Waals surface area (Å²) in [6.07, 6.45) is 3.78. The molecule has 0 saturated heterocycles. The largest absolute Gasteiger partial charge is 0.480 e. The summed E-state index contributed by atoms with van der Waals surface area (Å²) in [7, 11) is 0. The first-order valence-electron chi connectivity index (χ1n) is 4.04. The van der Waals surface area contributed by atoms with Crippen molar-refractivity contribution in [3.63, 3.8) is 0 Å². The first-order valence-corrected chi connectivity index (χ1v) is 4.04. The van der Waals surface area contributed by atoms with Crippen molar-refractivity contribution in [1.82, 2.24) is 15.3 Å². The number of hydrogen-bond donors (Lipinski definition) is 2. The third-order valence-electron chi connectivity index (χ3n) is 2.10. The molecule has 2 rings (SSSR count). The molecule has 0 spiro atoms. The molecule has 1 atom stereocenters. The molecule has 1 aliphatic rings. The van der Waals surface area contributed by atoms with Gasteiger partial charge in [-0.3, -0.25) is 4.79 Å². The van der Waals surface area contributed by atoms with Gasteiger partial charge in [-0.05, 0) is 0 Å². The number of hydrogen-bond acceptors (Lipinski definition) is 4. The minimum absolute atomic E-state index is 0.648. The molecule has 0 fully saturated rings. The summed E-state index contributed by atoms with van der Waals surface area (Å²) >= 11 is 0. The minimum atomic E-state index is -0.879. The molecule has 68 valence electrons. The highest BCUT2D eigenvalue weighted by molar-refractivity contribution is 5.76. The molecule has 2 heterocycles. The summed E-state index contributed by atoms with van der Waals surface area (Å²) < 4.78 is 0. The van der Waals surface area contributed by atoms with Gasteiger partial charge in [-0.15, -0.1) is 0 Å². The van der Waals surface area contributed by atoms with E-state index >= 15 is 0 Å². The predicted molar refractivity (Wildman–Crippen MR) is 44.1 cm³/mol. The second kappa shape index (κ2) is 3.10. The third-order valence-corrected chi connectivity index (χ3v) is 2.10. The maximum Gasteiger partial charge on any atom is 0.325 e. The maximum absolute atomic E-state index is 10.8. The van der Waals surface area contributed by atoms with E-state index in [4.69, 9.17) is 5.11 Å². The van der Waals surface area contributed by atoms with E-state index in [9.17, 15) is 4.79 Å². The van der Waals surface area contributed by atoms with Gasteiger partial charge in [0.1, 0.15) is 12.4 Å². The molecule has 0 radical (unpaired) electrons. The lowest BCUT2D eigenvalue weighted by Crippen LogP contribution is -2.35. The van der Waals surface area contributed by atoms with Crippen molar-refractivity contribution in [2.45, 2.75) is 12.5 Å². The van der Waals surface area contributed by atoms with Crippen molar-refractivity contribution in [2.75, 3.05) is 6.54 Å². The summed E-state index contributed by atoms with van der Waals surface area (Å²) in [6, 6.07) is -0.648. The van der Waals surface area contributed by atoms with Crippen LogP contribution in [0.25, 0.3) is 0 Å². The number of nitrogens with one attached hydrogen (secondary N) is 1. The Morgan fingerprint density at radius 1 is 1.69 bits per heavy atom. The lowest BCUT2D eigenvalue weighted by molar-refractivity contribution is -0.139. The predicted octanol–water partition coefficient (Wildman–Crippen LogP) is -0.252. The van der Waals surface area contributed by atoms with Gasteiger partial charge in [-0.1, -0.05) is 0 Å². The van der Waals surface area contributed by atoms with Gasteiger partial charge < -0.3 is 10.4 Å². The lowest BCUT2D eigenvalue weighted by atomic mass is 10.0. The molecule has 0 saturated carbocycles. The van der Waals surface area contributed by atoms with Gasteiger partial charge in [0.15, 0.2) is 0 Å². The van der Waals surface area contributed by atoms with E-state index < -0.39 is 12.0 Å². The number of aliphatic carboxylic acids is 1. The molecule has 2 N–H and O–H groups in total. The van der Waals surface area contributed by atoms with Gasteiger partial charge in [0.2, 0.25) is 0 Å². The van der Waals surface area contributed by atoms with Gasteiger partial charge in [-0.2, -0.15) is 0 Å². The Balaban J connectivity index is 2.42. The van der Waals surface area contributed by atoms with E-state index in [1.54, 1.807) is 6.20 Å². The summed E-state index contributed by atoms with van der Waals surface area (Å²) in [5, 5.41) is 11.8. The molecule has 0 bridgehead atoms. The van der Waals surface area contributed by atoms with Crippen molar-refractivity contribution in [1.29, 1.82) is 0 Å². The fraction of sp³-hybridized carbons (Fsp3) is 0.375. The van der Waals surface area contributed by atoms with Crippen LogP contribution in [0.3, 0.4) is 0 Å². The second-order valence-corrected chi connectivity index (χ2v) is 2.90. The molecule has 1 aromatic heterocycles. The zero-order valence-electron chi connectivity index (χ0n) is 6.90. The molecule has 1 unspecified atom stereocenters. The highest BCUT2D eigenvalue weighted by atomic mass is 16.4. The molecule has 0 amide bonds. The summed E-state index contributed by atoms with van der Waals surface area (Å²) in [5.74, 6) is -0.879. The molecule has 5 nitrogen and oxygen atoms in total. The number of nitrogens with zero attached hydrogens (tertiary/aromatic N) is 2. The average Bonchev–Trinajstić information content (AvgIpc) is 2.17. The van der Waals surface area contributed by atoms with Crippen LogP contribution in [0.2, 0.25) is 0 Å². The van der Waals surface area contributed by atoms with Crippen LogP contribution in [0.4, 0.5) is 0 Å². The van der Waals surface area contributed by atoms with Crippen LogP contribution in [0, 0.1) is 0 Å². The quantitative estimate of drug-likeness (QED) is 0.621. The normalized spacial score (nSPS) is 20.8. The zero-order valence-corrected chi connectivity index (χ0v) is 6.90. The Labute approximate surface area is 74.8 Å². The fourth-order valence-corrected chi connectivity index (χ4v) is 1.48. The van der Waals surface area contributed by atoms with Crippen LogP contribution in [0.1, 0.15) is 17.3 Å². The number of carboxylic acid groups (broad SMARTS) is 1. The van der Waals surface area contributed by atoms with E-state index in [1.807, 2.05) is 0 Å². The van der Waals surface area contributed by atoms with E-state index in [-0.39, 0.29) is 0 Å². The van der Waals surface area contributed by atoms with Crippen LogP contribution in [0.5, 0.6) is 0 Å². The smallest absolute Gasteiger partial charge is 0.325 e. The number of carboxylic acids is 1. The number of aromatic nitrogens is 2. The first kappa shape index (κ1) is 8.12. The number of carbonyl (C=O) groups is 1. The highest BCUT2D eigenvalue weighted by Crippen LogP contribution is 2.19. The standard InChI is InChI=1S/C8H9N3O2/c12-8(13)7-5-3-9-4-11-6(5)1-2-10-7/h3-4,7,10H,1-2H2,(H,12,13). The van der Waals surface area contributed by atoms with Gasteiger partial charge in [0, 0.05) is 24.7 Å². The van der Waals surface area contributed by atoms with Crippen molar-refractivity contribution in [3.8, 4) is 0 Å². The Morgan fingerprint density at radius 2 is 2.54 bits per heavy atom. The second-order valence-electron chi connectivity index (χ2n) is 2.90. The number of fused-ring (bicyclic) bond motifs is 1. The van der Waals surface area contributed by atoms with E-state index in [2.05, 4.69) is 15.3 Å². The van der Waals surface area contributed by atoms with Crippen molar-refractivity contribution < 1.29 is 9.90 Å². The van der Waals surface area contributed by atoms with Gasteiger partial charge in [0.25, 0.3) is 0 Å². The van der Waals surface area contributed by atoms with Crippen LogP contribution in [-0.2, 0) is 11.2 Å². The Hall–Kier alpha value is -1.49. The zero-order chi connectivity index (χ0) is 9.26. The molecule has 13 heavy (non-hydrogen) atoms. The highest BCUT2D eigenvalue weighted by Gasteiger charge is 2.26. The SMILES string of the molecule is O=C(O)C1NCCc2ncncc21. The Kier molecular flexibility index (Phi) is 1.94. The summed E-state index contributed by atoms with van der Waals surface area (Å²) in [5.41, 5.74) is 1.52. The first-order chi connectivity index (χ1) is 6.29. The number of rotatable bonds is 1. The molecule has 1 aliphatic heterocycles. The fourth-order valence-electron chi connectivity index (χ4n) is 1.48. The van der Waals surface area contributed by atoms with Crippen molar-refractivity contribution in [3.05, 3.63) is 23.8 Å². The van der Waals surface area contributed by atoms with E-state index in [1.165, 1.54) is 6.33 Å². The van der Waals surface area contributed by atoms with E-state index in [0.29, 0.717) is 12.1 Å². The van der Waals surface area contributed by atoms with Crippen LogP contribution >= 0.6 is 0 Å². The molecule has 0 aliphatic carbocycles. The molecule has 0 aromatic carbocycles. The Bertz CT molecular complexity index is 340. The van der Waals surface area contributed by atoms with E-state index in [0.717, 1.165) is 12.1 Å². The van der Waals surface area contributed by atoms with Gasteiger partial charge in [-0.25, -0.2) is 9.97 Å². The molecule has 5 heteroatoms. The monoisotopic (exact) mass is 179 g/mol. The topological polar surface area (TPSA) is 75.1 Å². The van der Waals surface area contributed by atoms with Crippen molar-refractivity contribution >= 4 is 5.97 Å². The van der Waals surface area contributed by atoms with Crippen LogP contribution in [0.15, 0.2) is 12.5 Å². The minimum Gasteiger partial charge on any atom is -0.480 e. The van der Waals surface area contributed by atoms with Crippen LogP contribution in [-0.4, -0.2) is 27.6 Å².